The van der Waals surface area contributed by atoms with Crippen LogP contribution < -0.4 is 10.6 Å². The van der Waals surface area contributed by atoms with Crippen molar-refractivity contribution < 1.29 is 0 Å². The fourth-order valence-electron chi connectivity index (χ4n) is 2.50. The number of hydrogen-bond acceptors (Lipinski definition) is 3. The third-order valence-corrected chi connectivity index (χ3v) is 3.87. The van der Waals surface area contributed by atoms with Gasteiger partial charge >= 0.3 is 0 Å². The summed E-state index contributed by atoms with van der Waals surface area (Å²) in [5, 5.41) is 0. The summed E-state index contributed by atoms with van der Waals surface area (Å²) in [6.45, 7) is 5.77. The van der Waals surface area contributed by atoms with E-state index in [1.807, 2.05) is 12.5 Å². The first-order valence-corrected chi connectivity index (χ1v) is 7.23. The summed E-state index contributed by atoms with van der Waals surface area (Å²) in [4.78, 5) is 6.47. The minimum atomic E-state index is 0.143. The van der Waals surface area contributed by atoms with Gasteiger partial charge in [0.05, 0.1) is 24.3 Å². The fraction of sp³-hybridized carbons (Fsp3) is 0.438. The molecule has 1 aromatic heterocycles. The van der Waals surface area contributed by atoms with E-state index in [1.165, 1.54) is 11.3 Å². The molecule has 1 atom stereocenters. The van der Waals surface area contributed by atoms with Crippen LogP contribution in [0.3, 0.4) is 0 Å². The van der Waals surface area contributed by atoms with Gasteiger partial charge in [-0.1, -0.05) is 19.1 Å². The Hall–Kier alpha value is -1.81. The first-order chi connectivity index (χ1) is 9.71. The summed E-state index contributed by atoms with van der Waals surface area (Å²) in [6.07, 6.45) is 4.84. The van der Waals surface area contributed by atoms with Crippen molar-refractivity contribution >= 4 is 5.69 Å². The second kappa shape index (κ2) is 6.57. The van der Waals surface area contributed by atoms with Crippen molar-refractivity contribution in [3.63, 3.8) is 0 Å². The Morgan fingerprint density at radius 2 is 1.95 bits per heavy atom. The van der Waals surface area contributed by atoms with Crippen LogP contribution in [0.1, 0.15) is 31.1 Å². The molecule has 20 heavy (non-hydrogen) atoms. The average molecular weight is 272 g/mol. The largest absolute Gasteiger partial charge is 0.365 e. The van der Waals surface area contributed by atoms with E-state index in [1.54, 1.807) is 0 Å². The summed E-state index contributed by atoms with van der Waals surface area (Å²) < 4.78 is 2.15. The van der Waals surface area contributed by atoms with Gasteiger partial charge in [-0.05, 0) is 31.0 Å². The van der Waals surface area contributed by atoms with Gasteiger partial charge in [-0.3, -0.25) is 0 Å². The topological polar surface area (TPSA) is 47.1 Å². The molecule has 0 bridgehead atoms. The Labute approximate surface area is 121 Å². The monoisotopic (exact) mass is 272 g/mol. The van der Waals surface area contributed by atoms with E-state index in [9.17, 15) is 0 Å². The summed E-state index contributed by atoms with van der Waals surface area (Å²) >= 11 is 0. The summed E-state index contributed by atoms with van der Waals surface area (Å²) in [6, 6.07) is 8.82. The molecule has 4 nitrogen and oxygen atoms in total. The molecule has 1 heterocycles. The third kappa shape index (κ3) is 2.85. The Morgan fingerprint density at radius 1 is 1.25 bits per heavy atom. The number of likely N-dealkylation sites (N-methyl/N-ethyl adjacent to an activating group) is 1. The van der Waals surface area contributed by atoms with E-state index in [0.717, 1.165) is 18.7 Å². The Balaban J connectivity index is 2.26. The zero-order valence-corrected chi connectivity index (χ0v) is 12.6. The fourth-order valence-corrected chi connectivity index (χ4v) is 2.50. The number of nitrogens with zero attached hydrogens (tertiary/aromatic N) is 3. The lowest BCUT2D eigenvalue weighted by Crippen LogP contribution is -2.32. The van der Waals surface area contributed by atoms with Crippen LogP contribution in [0.15, 0.2) is 36.8 Å². The normalized spacial score (nSPS) is 12.4. The lowest BCUT2D eigenvalue weighted by atomic mass is 10.1. The smallest absolute Gasteiger partial charge is 0.0948 e. The van der Waals surface area contributed by atoms with Crippen molar-refractivity contribution in [2.24, 2.45) is 5.73 Å². The van der Waals surface area contributed by atoms with Crippen LogP contribution in [0.2, 0.25) is 0 Å². The van der Waals surface area contributed by atoms with E-state index in [0.29, 0.717) is 6.54 Å². The summed E-state index contributed by atoms with van der Waals surface area (Å²) in [5.41, 5.74) is 9.70. The van der Waals surface area contributed by atoms with Gasteiger partial charge in [0.25, 0.3) is 0 Å². The van der Waals surface area contributed by atoms with Crippen LogP contribution in [0, 0.1) is 0 Å². The quantitative estimate of drug-likeness (QED) is 0.879. The Kier molecular flexibility index (Phi) is 4.79. The minimum absolute atomic E-state index is 0.143. The molecule has 1 unspecified atom stereocenters. The first-order valence-electron chi connectivity index (χ1n) is 7.23. The Morgan fingerprint density at radius 3 is 2.50 bits per heavy atom. The van der Waals surface area contributed by atoms with Crippen molar-refractivity contribution in [1.82, 2.24) is 9.55 Å². The van der Waals surface area contributed by atoms with Gasteiger partial charge in [-0.25, -0.2) is 4.98 Å². The number of imidazole rings is 1. The molecule has 0 spiro atoms. The number of rotatable bonds is 6. The van der Waals surface area contributed by atoms with E-state index in [4.69, 9.17) is 5.73 Å². The predicted molar refractivity (Wildman–Crippen MR) is 83.9 cm³/mol. The minimum Gasteiger partial charge on any atom is -0.365 e. The predicted octanol–water partition coefficient (Wildman–Crippen LogP) is 2.60. The van der Waals surface area contributed by atoms with Gasteiger partial charge in [-0.15, -0.1) is 0 Å². The molecular formula is C16H24N4. The number of benzene rings is 1. The third-order valence-electron chi connectivity index (χ3n) is 3.87. The zero-order chi connectivity index (χ0) is 14.5. The van der Waals surface area contributed by atoms with Crippen LogP contribution >= 0.6 is 0 Å². The maximum Gasteiger partial charge on any atom is 0.0948 e. The van der Waals surface area contributed by atoms with E-state index in [-0.39, 0.29) is 6.04 Å². The molecule has 0 saturated carbocycles. The van der Waals surface area contributed by atoms with Crippen molar-refractivity contribution in [2.75, 3.05) is 18.5 Å². The van der Waals surface area contributed by atoms with Gasteiger partial charge < -0.3 is 15.2 Å². The van der Waals surface area contributed by atoms with Gasteiger partial charge in [-0.2, -0.15) is 0 Å². The molecule has 108 valence electrons. The lowest BCUT2D eigenvalue weighted by Gasteiger charge is -2.29. The van der Waals surface area contributed by atoms with Crippen LogP contribution in [0.4, 0.5) is 5.69 Å². The highest BCUT2D eigenvalue weighted by atomic mass is 15.2. The molecule has 0 radical (unpaired) electrons. The first kappa shape index (κ1) is 14.6. The van der Waals surface area contributed by atoms with E-state index >= 15 is 0 Å². The molecule has 0 aliphatic carbocycles. The number of hydrogen-bond donors (Lipinski definition) is 1. The average Bonchev–Trinajstić information content (AvgIpc) is 2.96. The number of nitrogens with two attached hydrogens (primary N) is 1. The molecule has 2 rings (SSSR count). The van der Waals surface area contributed by atoms with Crippen molar-refractivity contribution in [2.45, 2.75) is 32.9 Å². The lowest BCUT2D eigenvalue weighted by molar-refractivity contribution is 0.602. The van der Waals surface area contributed by atoms with Crippen molar-refractivity contribution in [1.29, 1.82) is 0 Å². The highest BCUT2D eigenvalue weighted by Crippen LogP contribution is 2.25. The molecule has 2 aromatic rings. The van der Waals surface area contributed by atoms with Gasteiger partial charge in [0, 0.05) is 25.8 Å². The van der Waals surface area contributed by atoms with Gasteiger partial charge in [0.1, 0.15) is 0 Å². The number of anilines is 1. The maximum absolute atomic E-state index is 6.00. The summed E-state index contributed by atoms with van der Waals surface area (Å²) in [5.74, 6) is 0. The number of aromatic nitrogens is 2. The number of aryl methyl sites for hydroxylation is 2. The second-order valence-electron chi connectivity index (χ2n) is 4.99. The molecule has 0 amide bonds. The molecule has 4 heteroatoms. The molecular weight excluding hydrogens is 248 g/mol. The van der Waals surface area contributed by atoms with E-state index < -0.39 is 0 Å². The van der Waals surface area contributed by atoms with Gasteiger partial charge in [0.15, 0.2) is 0 Å². The molecule has 0 aliphatic rings. The molecule has 1 aromatic carbocycles. The van der Waals surface area contributed by atoms with Crippen molar-refractivity contribution in [3.05, 3.63) is 48.0 Å². The highest BCUT2D eigenvalue weighted by molar-refractivity contribution is 5.49. The highest BCUT2D eigenvalue weighted by Gasteiger charge is 2.19. The standard InChI is InChI=1S/C16H24N4/c1-4-13-6-8-14(9-7-13)19(3)15(10-17)16-11-18-12-20(16)5-2/h6-9,11-12,15H,4-5,10,17H2,1-3H3. The van der Waals surface area contributed by atoms with Crippen molar-refractivity contribution in [3.8, 4) is 0 Å². The van der Waals surface area contributed by atoms with Crippen LogP contribution in [-0.2, 0) is 13.0 Å². The summed E-state index contributed by atoms with van der Waals surface area (Å²) in [7, 11) is 2.09. The van der Waals surface area contributed by atoms with E-state index in [2.05, 4.69) is 59.6 Å². The maximum atomic E-state index is 6.00. The molecule has 0 saturated heterocycles. The molecule has 0 fully saturated rings. The van der Waals surface area contributed by atoms with Crippen LogP contribution in [0.5, 0.6) is 0 Å². The molecule has 0 aliphatic heterocycles. The van der Waals surface area contributed by atoms with Crippen LogP contribution in [0.25, 0.3) is 0 Å². The molecule has 2 N–H and O–H groups in total. The second-order valence-corrected chi connectivity index (χ2v) is 4.99. The SMILES string of the molecule is CCc1ccc(N(C)C(CN)c2cncn2CC)cc1. The zero-order valence-electron chi connectivity index (χ0n) is 12.6. The Bertz CT molecular complexity index is 530. The van der Waals surface area contributed by atoms with Crippen LogP contribution in [-0.4, -0.2) is 23.1 Å². The van der Waals surface area contributed by atoms with Gasteiger partial charge in [0.2, 0.25) is 0 Å².